The zero-order valence-corrected chi connectivity index (χ0v) is 11.7. The molecular formula is C18H17F2N. The number of nitrogens with one attached hydrogen (secondary N) is 1. The molecule has 1 nitrogen and oxygen atoms in total. The smallest absolute Gasteiger partial charge is 0.123 e. The molecule has 1 N–H and O–H groups in total. The van der Waals surface area contributed by atoms with E-state index in [0.717, 1.165) is 42.6 Å². The van der Waals surface area contributed by atoms with E-state index >= 15 is 0 Å². The highest BCUT2D eigenvalue weighted by Crippen LogP contribution is 2.30. The van der Waals surface area contributed by atoms with Crippen LogP contribution in [-0.2, 0) is 0 Å². The molecule has 1 heterocycles. The van der Waals surface area contributed by atoms with Crippen LogP contribution in [0.1, 0.15) is 24.0 Å². The normalized spacial score (nSPS) is 15.0. The van der Waals surface area contributed by atoms with Gasteiger partial charge in [-0.05, 0) is 65.9 Å². The van der Waals surface area contributed by atoms with Gasteiger partial charge in [-0.2, -0.15) is 0 Å². The van der Waals surface area contributed by atoms with Gasteiger partial charge in [0.1, 0.15) is 11.6 Å². The Balaban J connectivity index is 2.15. The average molecular weight is 285 g/mol. The summed E-state index contributed by atoms with van der Waals surface area (Å²) in [6.07, 6.45) is 2.00. The fraction of sp³-hybridized carbons (Fsp3) is 0.222. The van der Waals surface area contributed by atoms with Crippen LogP contribution < -0.4 is 5.32 Å². The molecule has 0 saturated carbocycles. The lowest BCUT2D eigenvalue weighted by atomic mass is 9.89. The number of benzene rings is 2. The first-order chi connectivity index (χ1) is 10.2. The summed E-state index contributed by atoms with van der Waals surface area (Å²) < 4.78 is 27.2. The summed E-state index contributed by atoms with van der Waals surface area (Å²) >= 11 is 0. The maximum Gasteiger partial charge on any atom is 0.123 e. The largest absolute Gasteiger partial charge is 0.313 e. The van der Waals surface area contributed by atoms with E-state index in [9.17, 15) is 8.78 Å². The Labute approximate surface area is 123 Å². The highest BCUT2D eigenvalue weighted by molar-refractivity contribution is 5.82. The Bertz CT molecular complexity index is 621. The monoisotopic (exact) mass is 285 g/mol. The van der Waals surface area contributed by atoms with Gasteiger partial charge in [-0.1, -0.05) is 24.3 Å². The summed E-state index contributed by atoms with van der Waals surface area (Å²) in [5.41, 5.74) is 3.76. The Hall–Kier alpha value is -2.00. The first kappa shape index (κ1) is 14.0. The molecule has 0 radical (unpaired) electrons. The minimum absolute atomic E-state index is 0.272. The molecule has 1 saturated heterocycles. The molecule has 2 aromatic rings. The molecule has 1 fully saturated rings. The molecule has 0 spiro atoms. The topological polar surface area (TPSA) is 12.0 Å². The minimum atomic E-state index is -0.272. The highest BCUT2D eigenvalue weighted by atomic mass is 19.1. The van der Waals surface area contributed by atoms with Gasteiger partial charge in [0.05, 0.1) is 0 Å². The predicted octanol–water partition coefficient (Wildman–Crippen LogP) is 4.15. The fourth-order valence-corrected chi connectivity index (χ4v) is 2.83. The van der Waals surface area contributed by atoms with E-state index in [1.54, 1.807) is 12.1 Å². The second-order valence-electron chi connectivity index (χ2n) is 5.28. The molecule has 3 rings (SSSR count). The maximum atomic E-state index is 13.6. The van der Waals surface area contributed by atoms with E-state index in [0.29, 0.717) is 0 Å². The Morgan fingerprint density at radius 2 is 1.52 bits per heavy atom. The SMILES string of the molecule is Fc1cccc(C(=C2CCCNC2)c2cccc(F)c2)c1. The van der Waals surface area contributed by atoms with Gasteiger partial charge in [-0.15, -0.1) is 0 Å². The van der Waals surface area contributed by atoms with Gasteiger partial charge in [0.2, 0.25) is 0 Å². The number of hydrogen-bond acceptors (Lipinski definition) is 1. The fourth-order valence-electron chi connectivity index (χ4n) is 2.83. The summed E-state index contributed by atoms with van der Waals surface area (Å²) in [4.78, 5) is 0. The molecule has 2 aromatic carbocycles. The average Bonchev–Trinajstić information content (AvgIpc) is 2.49. The standard InChI is InChI=1S/C18H17F2N/c19-16-7-1-4-13(10-16)18(15-6-3-9-21-12-15)14-5-2-8-17(20)11-14/h1-2,4-5,7-8,10-11,21H,3,6,9,12H2. The van der Waals surface area contributed by atoms with Crippen molar-refractivity contribution < 1.29 is 8.78 Å². The van der Waals surface area contributed by atoms with E-state index in [1.165, 1.54) is 29.8 Å². The first-order valence-corrected chi connectivity index (χ1v) is 7.18. The quantitative estimate of drug-likeness (QED) is 0.874. The summed E-state index contributed by atoms with van der Waals surface area (Å²) in [7, 11) is 0. The van der Waals surface area contributed by atoms with E-state index < -0.39 is 0 Å². The molecule has 3 heteroatoms. The second-order valence-corrected chi connectivity index (χ2v) is 5.28. The molecule has 0 bridgehead atoms. The van der Waals surface area contributed by atoms with Crippen LogP contribution in [0.15, 0.2) is 54.1 Å². The molecule has 0 aliphatic carbocycles. The summed E-state index contributed by atoms with van der Waals surface area (Å²) in [5.74, 6) is -0.545. The van der Waals surface area contributed by atoms with Crippen molar-refractivity contribution in [2.75, 3.05) is 13.1 Å². The van der Waals surface area contributed by atoms with Gasteiger partial charge < -0.3 is 5.32 Å². The van der Waals surface area contributed by atoms with E-state index in [1.807, 2.05) is 12.1 Å². The Kier molecular flexibility index (Phi) is 4.11. The molecule has 1 aliphatic rings. The van der Waals surface area contributed by atoms with Crippen molar-refractivity contribution in [2.45, 2.75) is 12.8 Å². The van der Waals surface area contributed by atoms with Crippen LogP contribution in [0, 0.1) is 11.6 Å². The summed E-state index contributed by atoms with van der Waals surface area (Å²) in [6.45, 7) is 1.76. The van der Waals surface area contributed by atoms with Crippen LogP contribution in [0.4, 0.5) is 8.78 Å². The number of rotatable bonds is 2. The van der Waals surface area contributed by atoms with Crippen molar-refractivity contribution in [3.63, 3.8) is 0 Å². The maximum absolute atomic E-state index is 13.6. The third-order valence-electron chi connectivity index (χ3n) is 3.75. The van der Waals surface area contributed by atoms with Crippen molar-refractivity contribution in [2.24, 2.45) is 0 Å². The summed E-state index contributed by atoms with van der Waals surface area (Å²) in [5, 5.41) is 3.34. The van der Waals surface area contributed by atoms with Crippen LogP contribution >= 0.6 is 0 Å². The highest BCUT2D eigenvalue weighted by Gasteiger charge is 2.15. The third kappa shape index (κ3) is 3.19. The van der Waals surface area contributed by atoms with Crippen LogP contribution in [0.25, 0.3) is 5.57 Å². The van der Waals surface area contributed by atoms with Crippen molar-refractivity contribution in [1.82, 2.24) is 5.32 Å². The van der Waals surface area contributed by atoms with E-state index in [-0.39, 0.29) is 11.6 Å². The van der Waals surface area contributed by atoms with Gasteiger partial charge >= 0.3 is 0 Å². The molecule has 0 atom stereocenters. The minimum Gasteiger partial charge on any atom is -0.313 e. The zero-order chi connectivity index (χ0) is 14.7. The predicted molar refractivity (Wildman–Crippen MR) is 80.9 cm³/mol. The van der Waals surface area contributed by atoms with Crippen LogP contribution in [0.5, 0.6) is 0 Å². The lowest BCUT2D eigenvalue weighted by Crippen LogP contribution is -2.24. The van der Waals surface area contributed by atoms with Crippen LogP contribution in [0.2, 0.25) is 0 Å². The van der Waals surface area contributed by atoms with Crippen LogP contribution in [-0.4, -0.2) is 13.1 Å². The molecule has 0 unspecified atom stereocenters. The second kappa shape index (κ2) is 6.19. The Morgan fingerprint density at radius 1 is 0.905 bits per heavy atom. The Morgan fingerprint density at radius 3 is 2.00 bits per heavy atom. The van der Waals surface area contributed by atoms with Crippen molar-refractivity contribution >= 4 is 5.57 Å². The molecular weight excluding hydrogens is 268 g/mol. The third-order valence-corrected chi connectivity index (χ3v) is 3.75. The van der Waals surface area contributed by atoms with Gasteiger partial charge in [0.25, 0.3) is 0 Å². The number of piperidine rings is 1. The first-order valence-electron chi connectivity index (χ1n) is 7.18. The van der Waals surface area contributed by atoms with Gasteiger partial charge in [-0.3, -0.25) is 0 Å². The zero-order valence-electron chi connectivity index (χ0n) is 11.7. The molecule has 108 valence electrons. The van der Waals surface area contributed by atoms with Crippen molar-refractivity contribution in [3.8, 4) is 0 Å². The van der Waals surface area contributed by atoms with Gasteiger partial charge in [-0.25, -0.2) is 8.78 Å². The van der Waals surface area contributed by atoms with E-state index in [2.05, 4.69) is 5.32 Å². The summed E-state index contributed by atoms with van der Waals surface area (Å²) in [6, 6.07) is 13.0. The molecule has 0 amide bonds. The molecule has 1 aliphatic heterocycles. The van der Waals surface area contributed by atoms with Crippen LogP contribution in [0.3, 0.4) is 0 Å². The van der Waals surface area contributed by atoms with Crippen molar-refractivity contribution in [1.29, 1.82) is 0 Å². The lowest BCUT2D eigenvalue weighted by molar-refractivity contribution is 0.610. The number of hydrogen-bond donors (Lipinski definition) is 1. The van der Waals surface area contributed by atoms with E-state index in [4.69, 9.17) is 0 Å². The number of halogens is 2. The lowest BCUT2D eigenvalue weighted by Gasteiger charge is -2.21. The molecule has 21 heavy (non-hydrogen) atoms. The van der Waals surface area contributed by atoms with Crippen molar-refractivity contribution in [3.05, 3.63) is 76.9 Å². The van der Waals surface area contributed by atoms with Gasteiger partial charge in [0, 0.05) is 6.54 Å². The molecule has 0 aromatic heterocycles. The van der Waals surface area contributed by atoms with Gasteiger partial charge in [0.15, 0.2) is 0 Å².